The van der Waals surface area contributed by atoms with Crippen molar-refractivity contribution >= 4 is 5.91 Å². The molecule has 6 heteroatoms. The normalized spacial score (nSPS) is 11.9. The fourth-order valence-electron chi connectivity index (χ4n) is 2.56. The molecule has 0 aliphatic rings. The number of hydrogen-bond donors (Lipinski definition) is 0. The zero-order valence-electron chi connectivity index (χ0n) is 14.1. The molecule has 1 aromatic carbocycles. The highest BCUT2D eigenvalue weighted by atomic mass is 16.5. The van der Waals surface area contributed by atoms with E-state index in [0.717, 1.165) is 11.3 Å². The van der Waals surface area contributed by atoms with E-state index in [1.807, 2.05) is 48.5 Å². The van der Waals surface area contributed by atoms with Crippen LogP contribution in [0.5, 0.6) is 0 Å². The number of likely N-dealkylation sites (N-methyl/N-ethyl adjacent to an activating group) is 1. The Morgan fingerprint density at radius 3 is 2.64 bits per heavy atom. The van der Waals surface area contributed by atoms with Crippen molar-refractivity contribution < 1.29 is 14.1 Å². The molecular weight excluding hydrogens is 318 g/mol. The van der Waals surface area contributed by atoms with Gasteiger partial charge in [-0.3, -0.25) is 9.78 Å². The lowest BCUT2D eigenvalue weighted by molar-refractivity contribution is 0.0585. The fourth-order valence-corrected chi connectivity index (χ4v) is 2.56. The van der Waals surface area contributed by atoms with Crippen LogP contribution in [0.15, 0.2) is 65.3 Å². The molecule has 128 valence electrons. The number of methoxy groups -OCH3 is 1. The predicted molar refractivity (Wildman–Crippen MR) is 92.9 cm³/mol. The summed E-state index contributed by atoms with van der Waals surface area (Å²) in [6.45, 7) is 0.336. The summed E-state index contributed by atoms with van der Waals surface area (Å²) in [6.07, 6.45) is 1.69. The monoisotopic (exact) mass is 337 g/mol. The summed E-state index contributed by atoms with van der Waals surface area (Å²) in [6, 6.07) is 16.5. The highest BCUT2D eigenvalue weighted by molar-refractivity contribution is 5.93. The van der Waals surface area contributed by atoms with Gasteiger partial charge in [0.2, 0.25) is 0 Å². The van der Waals surface area contributed by atoms with E-state index in [1.54, 1.807) is 31.3 Å². The van der Waals surface area contributed by atoms with E-state index in [0.29, 0.717) is 12.4 Å². The molecule has 0 bridgehead atoms. The van der Waals surface area contributed by atoms with E-state index in [9.17, 15) is 4.79 Å². The van der Waals surface area contributed by atoms with Crippen molar-refractivity contribution in [3.05, 3.63) is 72.2 Å². The molecule has 6 nitrogen and oxygen atoms in total. The van der Waals surface area contributed by atoms with E-state index >= 15 is 0 Å². The third-order valence-electron chi connectivity index (χ3n) is 3.93. The number of carbonyl (C=O) groups excluding carboxylic acids is 1. The van der Waals surface area contributed by atoms with Gasteiger partial charge in [0.05, 0.1) is 18.3 Å². The third-order valence-corrected chi connectivity index (χ3v) is 3.93. The minimum absolute atomic E-state index is 0.249. The van der Waals surface area contributed by atoms with Crippen LogP contribution in [0.2, 0.25) is 0 Å². The van der Waals surface area contributed by atoms with Crippen molar-refractivity contribution in [1.29, 1.82) is 0 Å². The SMILES string of the molecule is COC[C@@H](c1ccccn1)N(C)C(=O)c1cc(-c2ccccc2)on1. The molecule has 0 unspecified atom stereocenters. The number of hydrogen-bond acceptors (Lipinski definition) is 5. The van der Waals surface area contributed by atoms with Gasteiger partial charge in [0, 0.05) is 32.0 Å². The molecular formula is C19H19N3O3. The highest BCUT2D eigenvalue weighted by Gasteiger charge is 2.26. The van der Waals surface area contributed by atoms with E-state index in [-0.39, 0.29) is 17.6 Å². The summed E-state index contributed by atoms with van der Waals surface area (Å²) in [5, 5.41) is 3.92. The highest BCUT2D eigenvalue weighted by Crippen LogP contribution is 2.23. The minimum Gasteiger partial charge on any atom is -0.382 e. The molecule has 0 radical (unpaired) electrons. The number of benzene rings is 1. The maximum absolute atomic E-state index is 12.8. The summed E-state index contributed by atoms with van der Waals surface area (Å²) in [7, 11) is 3.30. The Labute approximate surface area is 146 Å². The smallest absolute Gasteiger partial charge is 0.276 e. The van der Waals surface area contributed by atoms with E-state index in [2.05, 4.69) is 10.1 Å². The van der Waals surface area contributed by atoms with Crippen molar-refractivity contribution in [1.82, 2.24) is 15.0 Å². The Balaban J connectivity index is 1.83. The van der Waals surface area contributed by atoms with Crippen LogP contribution in [-0.2, 0) is 4.74 Å². The first-order valence-corrected chi connectivity index (χ1v) is 7.90. The standard InChI is InChI=1S/C19H19N3O3/c1-22(17(13-24-2)15-10-6-7-11-20-15)19(23)16-12-18(25-21-16)14-8-4-3-5-9-14/h3-12,17H,13H2,1-2H3/t17-/m0/s1. The second kappa shape index (κ2) is 7.72. The summed E-state index contributed by atoms with van der Waals surface area (Å²) in [4.78, 5) is 18.7. The van der Waals surface area contributed by atoms with Crippen LogP contribution in [0, 0.1) is 0 Å². The molecule has 0 aliphatic carbocycles. The van der Waals surface area contributed by atoms with Crippen molar-refractivity contribution in [3.63, 3.8) is 0 Å². The first kappa shape index (κ1) is 16.9. The van der Waals surface area contributed by atoms with E-state index in [4.69, 9.17) is 9.26 Å². The van der Waals surface area contributed by atoms with Gasteiger partial charge in [-0.05, 0) is 12.1 Å². The fraction of sp³-hybridized carbons (Fsp3) is 0.211. The molecule has 0 spiro atoms. The number of rotatable bonds is 6. The van der Waals surface area contributed by atoms with Gasteiger partial charge in [0.1, 0.15) is 0 Å². The van der Waals surface area contributed by atoms with Gasteiger partial charge in [-0.1, -0.05) is 41.6 Å². The Hall–Kier alpha value is -2.99. The Kier molecular flexibility index (Phi) is 5.20. The summed E-state index contributed by atoms with van der Waals surface area (Å²) >= 11 is 0. The van der Waals surface area contributed by atoms with Gasteiger partial charge in [-0.2, -0.15) is 0 Å². The molecule has 25 heavy (non-hydrogen) atoms. The minimum atomic E-state index is -0.310. The number of ether oxygens (including phenoxy) is 1. The van der Waals surface area contributed by atoms with Gasteiger partial charge >= 0.3 is 0 Å². The summed E-state index contributed by atoms with van der Waals surface area (Å²) in [5.74, 6) is 0.303. The second-order valence-electron chi connectivity index (χ2n) is 5.58. The average Bonchev–Trinajstić information content (AvgIpc) is 3.16. The third kappa shape index (κ3) is 3.75. The van der Waals surface area contributed by atoms with Crippen LogP contribution >= 0.6 is 0 Å². The Morgan fingerprint density at radius 2 is 1.96 bits per heavy atom. The Morgan fingerprint density at radius 1 is 1.20 bits per heavy atom. The number of amides is 1. The number of carbonyl (C=O) groups is 1. The van der Waals surface area contributed by atoms with Crippen LogP contribution in [0.1, 0.15) is 22.2 Å². The topological polar surface area (TPSA) is 68.5 Å². The van der Waals surface area contributed by atoms with Crippen LogP contribution in [-0.4, -0.2) is 41.7 Å². The molecule has 1 amide bonds. The van der Waals surface area contributed by atoms with Crippen LogP contribution in [0.4, 0.5) is 0 Å². The maximum Gasteiger partial charge on any atom is 0.276 e. The number of aromatic nitrogens is 2. The molecule has 2 heterocycles. The van der Waals surface area contributed by atoms with Crippen molar-refractivity contribution in [3.8, 4) is 11.3 Å². The van der Waals surface area contributed by atoms with E-state index in [1.165, 1.54) is 0 Å². The van der Waals surface area contributed by atoms with Crippen molar-refractivity contribution in [2.24, 2.45) is 0 Å². The maximum atomic E-state index is 12.8. The molecule has 2 aromatic heterocycles. The zero-order chi connectivity index (χ0) is 17.6. The van der Waals surface area contributed by atoms with Crippen molar-refractivity contribution in [2.75, 3.05) is 20.8 Å². The van der Waals surface area contributed by atoms with Crippen LogP contribution < -0.4 is 0 Å². The zero-order valence-corrected chi connectivity index (χ0v) is 14.1. The van der Waals surface area contributed by atoms with Crippen molar-refractivity contribution in [2.45, 2.75) is 6.04 Å². The van der Waals surface area contributed by atoms with Gasteiger partial charge in [-0.25, -0.2) is 0 Å². The lowest BCUT2D eigenvalue weighted by atomic mass is 10.1. The molecule has 0 aliphatic heterocycles. The van der Waals surface area contributed by atoms with Gasteiger partial charge in [0.15, 0.2) is 11.5 Å². The predicted octanol–water partition coefficient (Wildman–Crippen LogP) is 3.20. The lowest BCUT2D eigenvalue weighted by Gasteiger charge is -2.26. The molecule has 0 saturated carbocycles. The van der Waals surface area contributed by atoms with Crippen LogP contribution in [0.3, 0.4) is 0 Å². The molecule has 1 atom stereocenters. The molecule has 0 fully saturated rings. The molecule has 0 N–H and O–H groups in total. The molecule has 0 saturated heterocycles. The van der Waals surface area contributed by atoms with E-state index < -0.39 is 0 Å². The molecule has 3 rings (SSSR count). The van der Waals surface area contributed by atoms with Gasteiger partial charge < -0.3 is 14.2 Å². The number of nitrogens with zero attached hydrogens (tertiary/aromatic N) is 3. The first-order valence-electron chi connectivity index (χ1n) is 7.90. The number of pyridine rings is 1. The largest absolute Gasteiger partial charge is 0.382 e. The summed E-state index contributed by atoms with van der Waals surface area (Å²) in [5.41, 5.74) is 1.88. The van der Waals surface area contributed by atoms with Gasteiger partial charge in [0.25, 0.3) is 5.91 Å². The van der Waals surface area contributed by atoms with Crippen LogP contribution in [0.25, 0.3) is 11.3 Å². The summed E-state index contributed by atoms with van der Waals surface area (Å²) < 4.78 is 10.6. The van der Waals surface area contributed by atoms with Gasteiger partial charge in [-0.15, -0.1) is 0 Å². The quantitative estimate of drug-likeness (QED) is 0.691. The first-order chi connectivity index (χ1) is 12.2. The lowest BCUT2D eigenvalue weighted by Crippen LogP contribution is -2.34. The second-order valence-corrected chi connectivity index (χ2v) is 5.58. The molecule has 3 aromatic rings. The Bertz CT molecular complexity index is 818. The average molecular weight is 337 g/mol.